The smallest absolute Gasteiger partial charge is 0.126 e. The molecule has 0 N–H and O–H groups in total. The van der Waals surface area contributed by atoms with Crippen molar-refractivity contribution in [2.75, 3.05) is 0 Å². The minimum absolute atomic E-state index is 0.215. The SMILES string of the molecule is Cc1c(F)cccc1C=CCC=O. The zero-order valence-electron chi connectivity index (χ0n) is 7.46. The van der Waals surface area contributed by atoms with E-state index in [1.54, 1.807) is 25.1 Å². The molecule has 0 bridgehead atoms. The van der Waals surface area contributed by atoms with Crippen molar-refractivity contribution < 1.29 is 9.18 Å². The molecular formula is C11H11FO. The van der Waals surface area contributed by atoms with Crippen molar-refractivity contribution in [3.63, 3.8) is 0 Å². The first kappa shape index (κ1) is 9.65. The monoisotopic (exact) mass is 178 g/mol. The van der Waals surface area contributed by atoms with Gasteiger partial charge in [0.2, 0.25) is 0 Å². The number of halogens is 1. The normalized spacial score (nSPS) is 10.6. The van der Waals surface area contributed by atoms with E-state index >= 15 is 0 Å². The fourth-order valence-electron chi connectivity index (χ4n) is 1.06. The molecule has 0 saturated carbocycles. The average Bonchev–Trinajstić information content (AvgIpc) is 2.13. The third kappa shape index (κ3) is 2.51. The molecule has 13 heavy (non-hydrogen) atoms. The van der Waals surface area contributed by atoms with E-state index in [9.17, 15) is 9.18 Å². The van der Waals surface area contributed by atoms with Crippen LogP contribution in [0.2, 0.25) is 0 Å². The van der Waals surface area contributed by atoms with Gasteiger partial charge in [-0.05, 0) is 24.1 Å². The Labute approximate surface area is 76.9 Å². The van der Waals surface area contributed by atoms with Crippen LogP contribution in [0.15, 0.2) is 24.3 Å². The molecule has 1 aromatic rings. The first-order valence-electron chi connectivity index (χ1n) is 4.11. The van der Waals surface area contributed by atoms with Gasteiger partial charge in [0.15, 0.2) is 0 Å². The van der Waals surface area contributed by atoms with Crippen LogP contribution < -0.4 is 0 Å². The quantitative estimate of drug-likeness (QED) is 0.650. The van der Waals surface area contributed by atoms with Crippen molar-refractivity contribution in [3.8, 4) is 0 Å². The van der Waals surface area contributed by atoms with Crippen LogP contribution in [0, 0.1) is 12.7 Å². The van der Waals surface area contributed by atoms with E-state index < -0.39 is 0 Å². The summed E-state index contributed by atoms with van der Waals surface area (Å²) in [6, 6.07) is 4.90. The number of carbonyl (C=O) groups is 1. The molecule has 2 heteroatoms. The summed E-state index contributed by atoms with van der Waals surface area (Å²) < 4.78 is 13.0. The topological polar surface area (TPSA) is 17.1 Å². The van der Waals surface area contributed by atoms with Gasteiger partial charge >= 0.3 is 0 Å². The maximum atomic E-state index is 13.0. The average molecular weight is 178 g/mol. The largest absolute Gasteiger partial charge is 0.303 e. The van der Waals surface area contributed by atoms with Crippen molar-refractivity contribution in [2.45, 2.75) is 13.3 Å². The predicted molar refractivity (Wildman–Crippen MR) is 50.9 cm³/mol. The molecule has 0 atom stereocenters. The van der Waals surface area contributed by atoms with Gasteiger partial charge in [-0.3, -0.25) is 0 Å². The number of rotatable bonds is 3. The maximum absolute atomic E-state index is 13.0. The molecule has 0 aliphatic rings. The Kier molecular flexibility index (Phi) is 3.38. The fraction of sp³-hybridized carbons (Fsp3) is 0.182. The Morgan fingerprint density at radius 3 is 2.92 bits per heavy atom. The van der Waals surface area contributed by atoms with Crippen LogP contribution in [0.3, 0.4) is 0 Å². The second kappa shape index (κ2) is 4.55. The molecule has 0 saturated heterocycles. The van der Waals surface area contributed by atoms with E-state index in [1.807, 2.05) is 6.07 Å². The molecule has 0 unspecified atom stereocenters. The van der Waals surface area contributed by atoms with Crippen molar-refractivity contribution in [3.05, 3.63) is 41.2 Å². The first-order valence-corrected chi connectivity index (χ1v) is 4.11. The molecular weight excluding hydrogens is 167 g/mol. The lowest BCUT2D eigenvalue weighted by Gasteiger charge is -1.99. The summed E-state index contributed by atoms with van der Waals surface area (Å²) in [5, 5.41) is 0. The molecule has 1 rings (SSSR count). The van der Waals surface area contributed by atoms with Crippen molar-refractivity contribution in [1.29, 1.82) is 0 Å². The molecule has 0 amide bonds. The highest BCUT2D eigenvalue weighted by Gasteiger charge is 1.98. The van der Waals surface area contributed by atoms with Gasteiger partial charge in [0.05, 0.1) is 0 Å². The lowest BCUT2D eigenvalue weighted by Crippen LogP contribution is -1.85. The van der Waals surface area contributed by atoms with Crippen molar-refractivity contribution in [2.24, 2.45) is 0 Å². The summed E-state index contributed by atoms with van der Waals surface area (Å²) in [5.41, 5.74) is 1.44. The van der Waals surface area contributed by atoms with Gasteiger partial charge in [0, 0.05) is 6.42 Å². The second-order valence-corrected chi connectivity index (χ2v) is 2.76. The van der Waals surface area contributed by atoms with Gasteiger partial charge in [-0.2, -0.15) is 0 Å². The van der Waals surface area contributed by atoms with Crippen LogP contribution in [-0.4, -0.2) is 6.29 Å². The summed E-state index contributed by atoms with van der Waals surface area (Å²) in [6.07, 6.45) is 4.66. The third-order valence-corrected chi connectivity index (χ3v) is 1.84. The third-order valence-electron chi connectivity index (χ3n) is 1.84. The van der Waals surface area contributed by atoms with Crippen LogP contribution in [0.4, 0.5) is 4.39 Å². The van der Waals surface area contributed by atoms with Gasteiger partial charge in [-0.1, -0.05) is 24.3 Å². The van der Waals surface area contributed by atoms with Gasteiger partial charge in [-0.15, -0.1) is 0 Å². The van der Waals surface area contributed by atoms with Crippen LogP contribution >= 0.6 is 0 Å². The standard InChI is InChI=1S/C11H11FO/c1-9-10(5-2-3-8-13)6-4-7-11(9)12/h2,4-8H,3H2,1H3. The Bertz CT molecular complexity index is 329. The summed E-state index contributed by atoms with van der Waals surface area (Å²) in [4.78, 5) is 10.0. The minimum atomic E-state index is -0.215. The molecule has 0 spiro atoms. The molecule has 68 valence electrons. The highest BCUT2D eigenvalue weighted by Crippen LogP contribution is 2.13. The zero-order valence-corrected chi connectivity index (χ0v) is 7.46. The van der Waals surface area contributed by atoms with Crippen molar-refractivity contribution >= 4 is 12.4 Å². The van der Waals surface area contributed by atoms with Gasteiger partial charge < -0.3 is 4.79 Å². The summed E-state index contributed by atoms with van der Waals surface area (Å²) >= 11 is 0. The molecule has 1 nitrogen and oxygen atoms in total. The molecule has 0 fully saturated rings. The van der Waals surface area contributed by atoms with Crippen molar-refractivity contribution in [1.82, 2.24) is 0 Å². The number of aldehydes is 1. The summed E-state index contributed by atoms with van der Waals surface area (Å²) in [6.45, 7) is 1.72. The van der Waals surface area contributed by atoms with Gasteiger partial charge in [0.25, 0.3) is 0 Å². The lowest BCUT2D eigenvalue weighted by atomic mass is 10.1. The first-order chi connectivity index (χ1) is 6.25. The number of hydrogen-bond donors (Lipinski definition) is 0. The van der Waals surface area contributed by atoms with Crippen LogP contribution in [0.25, 0.3) is 6.08 Å². The Morgan fingerprint density at radius 1 is 1.46 bits per heavy atom. The molecule has 0 aliphatic heterocycles. The maximum Gasteiger partial charge on any atom is 0.126 e. The Balaban J connectivity index is 2.88. The minimum Gasteiger partial charge on any atom is -0.303 e. The van der Waals surface area contributed by atoms with E-state index in [2.05, 4.69) is 0 Å². The van der Waals surface area contributed by atoms with E-state index in [-0.39, 0.29) is 5.82 Å². The number of benzene rings is 1. The fourth-order valence-corrected chi connectivity index (χ4v) is 1.06. The Morgan fingerprint density at radius 2 is 2.23 bits per heavy atom. The van der Waals surface area contributed by atoms with Gasteiger partial charge in [0.1, 0.15) is 12.1 Å². The zero-order chi connectivity index (χ0) is 9.68. The van der Waals surface area contributed by atoms with Crippen LogP contribution in [0.5, 0.6) is 0 Å². The summed E-state index contributed by atoms with van der Waals surface area (Å²) in [5.74, 6) is -0.215. The second-order valence-electron chi connectivity index (χ2n) is 2.76. The van der Waals surface area contributed by atoms with Crippen LogP contribution in [0.1, 0.15) is 17.5 Å². The van der Waals surface area contributed by atoms with E-state index in [1.165, 1.54) is 6.07 Å². The highest BCUT2D eigenvalue weighted by atomic mass is 19.1. The van der Waals surface area contributed by atoms with E-state index in [0.29, 0.717) is 12.0 Å². The molecule has 1 aromatic carbocycles. The Hall–Kier alpha value is -1.44. The van der Waals surface area contributed by atoms with E-state index in [4.69, 9.17) is 0 Å². The van der Waals surface area contributed by atoms with E-state index in [0.717, 1.165) is 11.8 Å². The number of carbonyl (C=O) groups excluding carboxylic acids is 1. The molecule has 0 aliphatic carbocycles. The number of hydrogen-bond acceptors (Lipinski definition) is 1. The predicted octanol–water partition coefficient (Wildman–Crippen LogP) is 2.74. The summed E-state index contributed by atoms with van der Waals surface area (Å²) in [7, 11) is 0. The molecule has 0 radical (unpaired) electrons. The molecule has 0 heterocycles. The highest BCUT2D eigenvalue weighted by molar-refractivity contribution is 5.59. The number of allylic oxidation sites excluding steroid dienone is 1. The van der Waals surface area contributed by atoms with Crippen LogP contribution in [-0.2, 0) is 4.79 Å². The lowest BCUT2D eigenvalue weighted by molar-refractivity contribution is -0.107. The molecule has 0 aromatic heterocycles. The van der Waals surface area contributed by atoms with Gasteiger partial charge in [-0.25, -0.2) is 4.39 Å².